The Kier molecular flexibility index (Phi) is 6.63. The van der Waals surface area contributed by atoms with Gasteiger partial charge >= 0.3 is 0 Å². The standard InChI is InChI=1S/C32H30Cl2N4/c1-3-16-32(17-4-2)28-14-10-22(37-28)18-20-8-12-26(35-20)31(30-24(33)6-5-7-25(30)34)27-13-9-21(36-27)19-23-11-15-29(32)38-23/h5-15,18-19,31,35-36H,3-4,16-17H2,1-2H3/b22-18-,23-19-. The largest absolute Gasteiger partial charge is 0.358 e. The molecule has 3 aromatic rings. The minimum Gasteiger partial charge on any atom is -0.358 e. The number of aliphatic imine (C=N–C) groups is 2. The first-order valence-electron chi connectivity index (χ1n) is 13.3. The van der Waals surface area contributed by atoms with Crippen molar-refractivity contribution in [1.82, 2.24) is 9.97 Å². The Hall–Kier alpha value is -3.34. The molecule has 0 aliphatic carbocycles. The third-order valence-corrected chi connectivity index (χ3v) is 8.30. The molecule has 1 aromatic carbocycles. The fraction of sp³-hybridized carbons (Fsp3) is 0.250. The van der Waals surface area contributed by atoms with Crippen LogP contribution in [0.4, 0.5) is 0 Å². The summed E-state index contributed by atoms with van der Waals surface area (Å²) >= 11 is 13.4. The van der Waals surface area contributed by atoms with Crippen LogP contribution in [-0.2, 0) is 0 Å². The van der Waals surface area contributed by atoms with Gasteiger partial charge < -0.3 is 9.97 Å². The van der Waals surface area contributed by atoms with Crippen molar-refractivity contribution in [2.45, 2.75) is 45.4 Å². The van der Waals surface area contributed by atoms with Gasteiger partial charge in [-0.2, -0.15) is 0 Å². The first-order chi connectivity index (χ1) is 18.5. The molecule has 0 amide bonds. The van der Waals surface area contributed by atoms with E-state index in [0.29, 0.717) is 10.0 Å². The molecule has 0 radical (unpaired) electrons. The molecule has 6 heteroatoms. The molecule has 0 unspecified atom stereocenters. The fourth-order valence-electron chi connectivity index (χ4n) is 6.02. The van der Waals surface area contributed by atoms with E-state index in [1.165, 1.54) is 0 Å². The highest BCUT2D eigenvalue weighted by atomic mass is 35.5. The second kappa shape index (κ2) is 10.1. The predicted molar refractivity (Wildman–Crippen MR) is 160 cm³/mol. The number of hydrogen-bond donors (Lipinski definition) is 2. The fourth-order valence-corrected chi connectivity index (χ4v) is 6.64. The number of aromatic amines is 2. The zero-order valence-corrected chi connectivity index (χ0v) is 23.1. The van der Waals surface area contributed by atoms with Gasteiger partial charge in [-0.25, -0.2) is 0 Å². The highest BCUT2D eigenvalue weighted by Crippen LogP contribution is 2.42. The normalized spacial score (nSPS) is 22.1. The minimum atomic E-state index is -0.202. The van der Waals surface area contributed by atoms with Crippen LogP contribution in [0.2, 0.25) is 10.0 Å². The summed E-state index contributed by atoms with van der Waals surface area (Å²) < 4.78 is 0. The smallest absolute Gasteiger partial charge is 0.0671 e. The predicted octanol–water partition coefficient (Wildman–Crippen LogP) is 9.13. The molecule has 3 aliphatic heterocycles. The van der Waals surface area contributed by atoms with E-state index in [-0.39, 0.29) is 11.3 Å². The van der Waals surface area contributed by atoms with E-state index in [1.54, 1.807) is 0 Å². The van der Waals surface area contributed by atoms with Crippen molar-refractivity contribution in [3.8, 4) is 0 Å². The summed E-state index contributed by atoms with van der Waals surface area (Å²) in [5, 5.41) is 1.26. The number of nitrogens with one attached hydrogen (secondary N) is 2. The second-order valence-electron chi connectivity index (χ2n) is 10.2. The summed E-state index contributed by atoms with van der Waals surface area (Å²) in [4.78, 5) is 17.5. The van der Waals surface area contributed by atoms with Gasteiger partial charge in [-0.1, -0.05) is 56.0 Å². The Morgan fingerprint density at radius 3 is 1.68 bits per heavy atom. The lowest BCUT2D eigenvalue weighted by molar-refractivity contribution is 0.473. The van der Waals surface area contributed by atoms with Crippen LogP contribution in [0.5, 0.6) is 0 Å². The van der Waals surface area contributed by atoms with Crippen LogP contribution in [0, 0.1) is 5.41 Å². The van der Waals surface area contributed by atoms with Crippen LogP contribution >= 0.6 is 23.2 Å². The summed E-state index contributed by atoms with van der Waals surface area (Å²) in [5.74, 6) is -0.193. The van der Waals surface area contributed by atoms with E-state index in [0.717, 1.165) is 76.8 Å². The molecule has 0 atom stereocenters. The number of hydrogen-bond acceptors (Lipinski definition) is 2. The van der Waals surface area contributed by atoms with Crippen LogP contribution in [0.3, 0.4) is 0 Å². The Labute approximate surface area is 233 Å². The molecule has 6 rings (SSSR count). The molecule has 0 fully saturated rings. The second-order valence-corrected chi connectivity index (χ2v) is 11.0. The maximum absolute atomic E-state index is 6.72. The van der Waals surface area contributed by atoms with Gasteiger partial charge in [0.25, 0.3) is 0 Å². The summed E-state index contributed by atoms with van der Waals surface area (Å²) in [6.45, 7) is 4.48. The van der Waals surface area contributed by atoms with Gasteiger partial charge in [0.05, 0.1) is 34.2 Å². The average Bonchev–Trinajstić information content (AvgIpc) is 3.70. The third-order valence-electron chi connectivity index (χ3n) is 7.64. The monoisotopic (exact) mass is 540 g/mol. The molecule has 192 valence electrons. The molecular formula is C32H30Cl2N4. The van der Waals surface area contributed by atoms with Gasteiger partial charge in [-0.05, 0) is 85.7 Å². The van der Waals surface area contributed by atoms with Gasteiger partial charge in [0, 0.05) is 38.4 Å². The molecule has 3 aliphatic rings. The lowest BCUT2D eigenvalue weighted by Gasteiger charge is -2.32. The highest BCUT2D eigenvalue weighted by molar-refractivity contribution is 6.36. The van der Waals surface area contributed by atoms with Crippen molar-refractivity contribution in [2.24, 2.45) is 15.4 Å². The van der Waals surface area contributed by atoms with Gasteiger partial charge in [-0.15, -0.1) is 0 Å². The summed E-state index contributed by atoms with van der Waals surface area (Å²) in [6, 6.07) is 14.0. The van der Waals surface area contributed by atoms with Gasteiger partial charge in [0.1, 0.15) is 0 Å². The van der Waals surface area contributed by atoms with Gasteiger partial charge in [0.2, 0.25) is 0 Å². The quantitative estimate of drug-likeness (QED) is 0.324. The molecule has 38 heavy (non-hydrogen) atoms. The molecule has 0 saturated carbocycles. The Balaban J connectivity index is 1.56. The van der Waals surface area contributed by atoms with Gasteiger partial charge in [-0.3, -0.25) is 9.98 Å². The van der Waals surface area contributed by atoms with Crippen LogP contribution in [0.15, 0.2) is 88.1 Å². The number of benzene rings is 1. The number of H-pyrrole nitrogens is 2. The molecule has 0 spiro atoms. The van der Waals surface area contributed by atoms with Crippen molar-refractivity contribution in [1.29, 1.82) is 0 Å². The van der Waals surface area contributed by atoms with E-state index >= 15 is 0 Å². The van der Waals surface area contributed by atoms with Crippen LogP contribution in [-0.4, -0.2) is 21.4 Å². The summed E-state index contributed by atoms with van der Waals surface area (Å²) in [6.07, 6.45) is 16.9. The van der Waals surface area contributed by atoms with E-state index in [1.807, 2.05) is 18.2 Å². The Morgan fingerprint density at radius 1 is 0.711 bits per heavy atom. The van der Waals surface area contributed by atoms with Crippen LogP contribution < -0.4 is 0 Å². The lowest BCUT2D eigenvalue weighted by atomic mass is 9.71. The maximum atomic E-state index is 6.72. The lowest BCUT2D eigenvalue weighted by Crippen LogP contribution is -2.36. The third kappa shape index (κ3) is 4.36. The maximum Gasteiger partial charge on any atom is 0.0671 e. The van der Waals surface area contributed by atoms with Crippen molar-refractivity contribution >= 4 is 46.8 Å². The number of rotatable bonds is 5. The number of halogens is 2. The first kappa shape index (κ1) is 25.0. The van der Waals surface area contributed by atoms with Gasteiger partial charge in [0.15, 0.2) is 0 Å². The molecular weight excluding hydrogens is 511 g/mol. The zero-order valence-electron chi connectivity index (χ0n) is 21.6. The van der Waals surface area contributed by atoms with Crippen molar-refractivity contribution in [3.05, 3.63) is 117 Å². The Morgan fingerprint density at radius 2 is 1.21 bits per heavy atom. The molecule has 8 bridgehead atoms. The van der Waals surface area contributed by atoms with E-state index < -0.39 is 0 Å². The zero-order chi connectivity index (χ0) is 26.3. The van der Waals surface area contributed by atoms with Crippen molar-refractivity contribution < 1.29 is 0 Å². The number of nitrogens with zero attached hydrogens (tertiary/aromatic N) is 2. The number of aromatic nitrogens is 2. The first-order valence-corrected chi connectivity index (χ1v) is 14.1. The Bertz CT molecular complexity index is 1460. The minimum absolute atomic E-state index is 0.193. The molecule has 4 nitrogen and oxygen atoms in total. The van der Waals surface area contributed by atoms with Crippen LogP contribution in [0.25, 0.3) is 12.2 Å². The highest BCUT2D eigenvalue weighted by Gasteiger charge is 2.39. The molecule has 5 heterocycles. The summed E-state index contributed by atoms with van der Waals surface area (Å²) in [5.41, 5.74) is 8.68. The average molecular weight is 542 g/mol. The van der Waals surface area contributed by atoms with Crippen molar-refractivity contribution in [2.75, 3.05) is 0 Å². The summed E-state index contributed by atoms with van der Waals surface area (Å²) in [7, 11) is 0. The number of allylic oxidation sites excluding steroid dienone is 4. The number of fused-ring (bicyclic) bond motifs is 6. The molecule has 0 saturated heterocycles. The van der Waals surface area contributed by atoms with E-state index in [4.69, 9.17) is 33.2 Å². The molecule has 2 N–H and O–H groups in total. The SMILES string of the molecule is CCCC1(CCC)C2=N/C(=C\c3ccc([nH]3)C(c3c(Cl)cccc3Cl)c3ccc([nH]3)/C=C3/C=CC1=N3)C=C2. The topological polar surface area (TPSA) is 56.3 Å². The van der Waals surface area contributed by atoms with Crippen molar-refractivity contribution in [3.63, 3.8) is 0 Å². The van der Waals surface area contributed by atoms with E-state index in [9.17, 15) is 0 Å². The van der Waals surface area contributed by atoms with E-state index in [2.05, 4.69) is 84.5 Å². The van der Waals surface area contributed by atoms with Crippen LogP contribution in [0.1, 0.15) is 73.8 Å². The molecule has 2 aromatic heterocycles.